The summed E-state index contributed by atoms with van der Waals surface area (Å²) in [5.41, 5.74) is -6.60. The highest BCUT2D eigenvalue weighted by atomic mass is 32.2. The Balaban J connectivity index is 1.58. The molecule has 10 nitrogen and oxygen atoms in total. The number of halogens is 4. The van der Waals surface area contributed by atoms with E-state index in [0.29, 0.717) is 31.4 Å². The van der Waals surface area contributed by atoms with Crippen molar-refractivity contribution < 1.29 is 39.7 Å². The Morgan fingerprint density at radius 3 is 2.77 bits per heavy atom. The monoisotopic (exact) mass is 515 g/mol. The molecule has 3 aromatic heterocycles. The number of anilines is 1. The van der Waals surface area contributed by atoms with Crippen LogP contribution in [0.5, 0.6) is 5.88 Å². The van der Waals surface area contributed by atoms with E-state index in [-0.39, 0.29) is 29.3 Å². The van der Waals surface area contributed by atoms with Gasteiger partial charge in [0.15, 0.2) is 5.65 Å². The lowest BCUT2D eigenvalue weighted by Gasteiger charge is -2.30. The largest absolute Gasteiger partial charge is 0.534 e. The topological polar surface area (TPSA) is 116 Å². The van der Waals surface area contributed by atoms with Crippen LogP contribution in [0.4, 0.5) is 23.4 Å². The molecule has 0 amide bonds. The summed E-state index contributed by atoms with van der Waals surface area (Å²) in [6, 6.07) is 2.51. The third-order valence-electron chi connectivity index (χ3n) is 6.14. The van der Waals surface area contributed by atoms with Gasteiger partial charge in [0.25, 0.3) is 0 Å². The van der Waals surface area contributed by atoms with Crippen LogP contribution in [0.3, 0.4) is 0 Å². The minimum absolute atomic E-state index is 0.113. The lowest BCUT2D eigenvalue weighted by Crippen LogP contribution is -2.35. The SMILES string of the molecule is CCOC(=O)c1cnn2ccc(N3CCC4CC43c3cc(F)cnc3OS(=O)(=O)C(F)(F)F)nc12. The van der Waals surface area contributed by atoms with Gasteiger partial charge in [-0.3, -0.25) is 0 Å². The lowest BCUT2D eigenvalue weighted by atomic mass is 10.0. The molecule has 0 spiro atoms. The van der Waals surface area contributed by atoms with Gasteiger partial charge in [0.2, 0.25) is 5.88 Å². The molecule has 1 aliphatic carbocycles. The van der Waals surface area contributed by atoms with Crippen LogP contribution in [-0.4, -0.2) is 52.6 Å². The molecule has 4 heterocycles. The number of ether oxygens (including phenoxy) is 1. The second kappa shape index (κ2) is 7.76. The lowest BCUT2D eigenvalue weighted by molar-refractivity contribution is -0.0501. The number of aromatic nitrogens is 4. The highest BCUT2D eigenvalue weighted by Gasteiger charge is 2.65. The average molecular weight is 515 g/mol. The predicted octanol–water partition coefficient (Wildman–Crippen LogP) is 2.79. The third-order valence-corrected chi connectivity index (χ3v) is 7.08. The van der Waals surface area contributed by atoms with Crippen molar-refractivity contribution in [2.75, 3.05) is 18.1 Å². The van der Waals surface area contributed by atoms with Crippen molar-refractivity contribution in [2.45, 2.75) is 30.8 Å². The molecule has 15 heteroatoms. The zero-order valence-corrected chi connectivity index (χ0v) is 18.8. The van der Waals surface area contributed by atoms with Gasteiger partial charge in [0, 0.05) is 18.3 Å². The molecule has 2 atom stereocenters. The van der Waals surface area contributed by atoms with E-state index in [1.54, 1.807) is 24.1 Å². The Bertz CT molecular complexity index is 1440. The number of hydrogen-bond acceptors (Lipinski definition) is 9. The number of hydrogen-bond donors (Lipinski definition) is 0. The second-order valence-electron chi connectivity index (χ2n) is 8.09. The van der Waals surface area contributed by atoms with E-state index in [4.69, 9.17) is 4.74 Å². The molecule has 35 heavy (non-hydrogen) atoms. The van der Waals surface area contributed by atoms with Crippen molar-refractivity contribution >= 4 is 27.6 Å². The minimum Gasteiger partial charge on any atom is -0.462 e. The van der Waals surface area contributed by atoms with Gasteiger partial charge in [-0.2, -0.15) is 26.7 Å². The van der Waals surface area contributed by atoms with Crippen LogP contribution in [0.2, 0.25) is 0 Å². The van der Waals surface area contributed by atoms with Crippen LogP contribution in [0.25, 0.3) is 5.65 Å². The Hall–Kier alpha value is -3.49. The maximum atomic E-state index is 14.2. The first-order chi connectivity index (χ1) is 16.5. The zero-order chi connectivity index (χ0) is 25.2. The molecule has 0 bridgehead atoms. The summed E-state index contributed by atoms with van der Waals surface area (Å²) in [7, 11) is -6.03. The molecule has 0 aromatic carbocycles. The van der Waals surface area contributed by atoms with Crippen molar-refractivity contribution in [1.82, 2.24) is 19.6 Å². The van der Waals surface area contributed by atoms with Gasteiger partial charge in [-0.05, 0) is 37.8 Å². The zero-order valence-electron chi connectivity index (χ0n) is 18.0. The van der Waals surface area contributed by atoms with Gasteiger partial charge in [0.05, 0.1) is 24.5 Å². The van der Waals surface area contributed by atoms with Crippen molar-refractivity contribution in [1.29, 1.82) is 0 Å². The number of nitrogens with zero attached hydrogens (tertiary/aromatic N) is 5. The molecule has 2 unspecified atom stereocenters. The molecule has 1 saturated carbocycles. The number of rotatable bonds is 6. The number of carbonyl (C=O) groups is 1. The first-order valence-corrected chi connectivity index (χ1v) is 11.8. The molecule has 2 aliphatic rings. The summed E-state index contributed by atoms with van der Waals surface area (Å²) in [6.07, 6.45) is 4.39. The van der Waals surface area contributed by atoms with Crippen LogP contribution in [0.15, 0.2) is 30.7 Å². The molecule has 0 radical (unpaired) electrons. The van der Waals surface area contributed by atoms with Gasteiger partial charge >= 0.3 is 21.6 Å². The Morgan fingerprint density at radius 1 is 1.31 bits per heavy atom. The average Bonchev–Trinajstić information content (AvgIpc) is 3.17. The fourth-order valence-corrected chi connectivity index (χ4v) is 5.02. The second-order valence-corrected chi connectivity index (χ2v) is 9.63. The van der Waals surface area contributed by atoms with Crippen LogP contribution < -0.4 is 9.08 Å². The molecular weight excluding hydrogens is 498 g/mol. The molecule has 1 aliphatic heterocycles. The van der Waals surface area contributed by atoms with Crippen molar-refractivity contribution in [3.05, 3.63) is 47.7 Å². The standard InChI is InChI=1S/C20H17F4N5O5S/c1-2-33-18(30)13-10-26-29-6-4-15(27-16(13)29)28-5-3-11-8-19(11,28)14-7-12(21)9-25-17(14)34-35(31,32)20(22,23)24/h4,6-7,9-11H,2-3,5,8H2,1H3. The molecule has 3 aromatic rings. The molecule has 5 rings (SSSR count). The summed E-state index contributed by atoms with van der Waals surface area (Å²) in [6.45, 7) is 2.18. The number of alkyl halides is 3. The summed E-state index contributed by atoms with van der Waals surface area (Å²) in [4.78, 5) is 22.0. The number of piperidine rings is 1. The normalized spacial score (nSPS) is 21.7. The van der Waals surface area contributed by atoms with E-state index in [2.05, 4.69) is 19.2 Å². The van der Waals surface area contributed by atoms with E-state index < -0.39 is 38.8 Å². The van der Waals surface area contributed by atoms with E-state index in [0.717, 1.165) is 6.07 Å². The Morgan fingerprint density at radius 2 is 2.09 bits per heavy atom. The van der Waals surface area contributed by atoms with E-state index >= 15 is 0 Å². The van der Waals surface area contributed by atoms with Crippen LogP contribution >= 0.6 is 0 Å². The first kappa shape index (κ1) is 23.3. The van der Waals surface area contributed by atoms with Crippen LogP contribution in [0, 0.1) is 11.7 Å². The molecule has 1 saturated heterocycles. The maximum absolute atomic E-state index is 14.2. The fourth-order valence-electron chi connectivity index (χ4n) is 4.58. The minimum atomic E-state index is -6.03. The molecule has 186 valence electrons. The van der Waals surface area contributed by atoms with E-state index in [9.17, 15) is 30.8 Å². The summed E-state index contributed by atoms with van der Waals surface area (Å²) >= 11 is 0. The van der Waals surface area contributed by atoms with Gasteiger partial charge in [-0.15, -0.1) is 0 Å². The quantitative estimate of drug-likeness (QED) is 0.211. The smallest absolute Gasteiger partial charge is 0.462 e. The maximum Gasteiger partial charge on any atom is 0.534 e. The van der Waals surface area contributed by atoms with Gasteiger partial charge < -0.3 is 13.8 Å². The highest BCUT2D eigenvalue weighted by Crippen LogP contribution is 2.64. The van der Waals surface area contributed by atoms with Crippen LogP contribution in [0.1, 0.15) is 35.7 Å². The highest BCUT2D eigenvalue weighted by molar-refractivity contribution is 7.87. The number of pyridine rings is 1. The number of esters is 1. The van der Waals surface area contributed by atoms with Gasteiger partial charge in [0.1, 0.15) is 17.2 Å². The first-order valence-electron chi connectivity index (χ1n) is 10.4. The fraction of sp³-hybridized carbons (Fsp3) is 0.400. The van der Waals surface area contributed by atoms with Crippen LogP contribution in [-0.2, 0) is 20.4 Å². The van der Waals surface area contributed by atoms with E-state index in [1.807, 2.05) is 0 Å². The summed E-state index contributed by atoms with van der Waals surface area (Å²) in [5, 5.41) is 4.07. The van der Waals surface area contributed by atoms with Crippen molar-refractivity contribution in [3.8, 4) is 5.88 Å². The van der Waals surface area contributed by atoms with E-state index in [1.165, 1.54) is 10.7 Å². The number of fused-ring (bicyclic) bond motifs is 2. The van der Waals surface area contributed by atoms with Crippen molar-refractivity contribution in [3.63, 3.8) is 0 Å². The molecular formula is C20H17F4N5O5S. The molecule has 0 N–H and O–H groups in total. The summed E-state index contributed by atoms with van der Waals surface area (Å²) < 4.78 is 87.0. The van der Waals surface area contributed by atoms with Crippen molar-refractivity contribution in [2.24, 2.45) is 5.92 Å². The Labute approximate surface area is 195 Å². The predicted molar refractivity (Wildman–Crippen MR) is 110 cm³/mol. The van der Waals surface area contributed by atoms with Gasteiger partial charge in [-0.25, -0.2) is 23.7 Å². The van der Waals surface area contributed by atoms with Gasteiger partial charge in [-0.1, -0.05) is 0 Å². The summed E-state index contributed by atoms with van der Waals surface area (Å²) in [5.74, 6) is -2.15. The number of carbonyl (C=O) groups excluding carboxylic acids is 1. The Kier molecular flexibility index (Phi) is 5.16. The molecule has 2 fully saturated rings. The third kappa shape index (κ3) is 3.64.